The number of aliphatic carboxylic acids is 1. The standard InChI is InChI=1S/C16H26N2O4S/c1-2-3-6-10(15(20)21)12(19)7-4-5-8-13-14-11(9-23-13)17-16(22)18-14/h10-11,13-14H,2-9H2,1H3,(H,20,21)(H2,17,18,22)/t10?,11-,13-,14-/m0/s1. The molecular formula is C16H26N2O4S. The Kier molecular flexibility index (Phi) is 6.74. The van der Waals surface area contributed by atoms with E-state index in [4.69, 9.17) is 5.11 Å². The Balaban J connectivity index is 1.67. The highest BCUT2D eigenvalue weighted by Crippen LogP contribution is 2.33. The number of Topliss-reactive ketones (excluding diaryl/α,β-unsaturated/α-hetero) is 1. The lowest BCUT2D eigenvalue weighted by Gasteiger charge is -2.16. The number of hydrogen-bond acceptors (Lipinski definition) is 4. The van der Waals surface area contributed by atoms with Crippen molar-refractivity contribution in [3.63, 3.8) is 0 Å². The zero-order valence-electron chi connectivity index (χ0n) is 13.5. The van der Waals surface area contributed by atoms with Gasteiger partial charge in [0.2, 0.25) is 0 Å². The molecule has 0 spiro atoms. The van der Waals surface area contributed by atoms with Crippen LogP contribution in [0.5, 0.6) is 0 Å². The third kappa shape index (κ3) is 4.86. The molecule has 0 aromatic carbocycles. The normalized spacial score (nSPS) is 27.2. The maximum Gasteiger partial charge on any atom is 0.315 e. The Hall–Kier alpha value is -1.24. The summed E-state index contributed by atoms with van der Waals surface area (Å²) in [6, 6.07) is 0.338. The predicted molar refractivity (Wildman–Crippen MR) is 89.6 cm³/mol. The molecule has 130 valence electrons. The van der Waals surface area contributed by atoms with Gasteiger partial charge in [0, 0.05) is 17.4 Å². The van der Waals surface area contributed by atoms with E-state index < -0.39 is 11.9 Å². The van der Waals surface area contributed by atoms with Crippen LogP contribution in [-0.4, -0.2) is 46.0 Å². The highest BCUT2D eigenvalue weighted by molar-refractivity contribution is 8.00. The average molecular weight is 342 g/mol. The molecule has 3 N–H and O–H groups in total. The van der Waals surface area contributed by atoms with Gasteiger partial charge in [-0.2, -0.15) is 11.8 Å². The van der Waals surface area contributed by atoms with Gasteiger partial charge in [-0.15, -0.1) is 0 Å². The van der Waals surface area contributed by atoms with Crippen molar-refractivity contribution >= 4 is 29.5 Å². The van der Waals surface area contributed by atoms with E-state index in [0.717, 1.165) is 37.9 Å². The van der Waals surface area contributed by atoms with Crippen LogP contribution in [0.3, 0.4) is 0 Å². The number of nitrogens with one attached hydrogen (secondary N) is 2. The van der Waals surface area contributed by atoms with Gasteiger partial charge in [-0.3, -0.25) is 9.59 Å². The number of rotatable bonds is 10. The number of amides is 2. The van der Waals surface area contributed by atoms with Crippen LogP contribution in [0, 0.1) is 5.92 Å². The highest BCUT2D eigenvalue weighted by Gasteiger charge is 2.42. The van der Waals surface area contributed by atoms with Gasteiger partial charge in [-0.1, -0.05) is 26.2 Å². The summed E-state index contributed by atoms with van der Waals surface area (Å²) in [5.41, 5.74) is 0. The van der Waals surface area contributed by atoms with E-state index in [1.165, 1.54) is 0 Å². The van der Waals surface area contributed by atoms with E-state index in [2.05, 4.69) is 10.6 Å². The van der Waals surface area contributed by atoms with Crippen molar-refractivity contribution in [2.24, 2.45) is 5.92 Å². The van der Waals surface area contributed by atoms with Crippen LogP contribution in [0.1, 0.15) is 51.9 Å². The number of urea groups is 1. The molecule has 0 aliphatic carbocycles. The maximum absolute atomic E-state index is 12.1. The van der Waals surface area contributed by atoms with Crippen LogP contribution < -0.4 is 10.6 Å². The minimum atomic E-state index is -0.989. The van der Waals surface area contributed by atoms with Gasteiger partial charge in [0.25, 0.3) is 0 Å². The van der Waals surface area contributed by atoms with Crippen molar-refractivity contribution in [1.82, 2.24) is 10.6 Å². The van der Waals surface area contributed by atoms with E-state index in [1.54, 1.807) is 0 Å². The van der Waals surface area contributed by atoms with Crippen molar-refractivity contribution < 1.29 is 19.5 Å². The molecule has 7 heteroatoms. The molecule has 6 nitrogen and oxygen atoms in total. The number of carboxylic acids is 1. The summed E-state index contributed by atoms with van der Waals surface area (Å²) in [7, 11) is 0. The Morgan fingerprint density at radius 1 is 1.30 bits per heavy atom. The number of carbonyl (C=O) groups excluding carboxylic acids is 2. The predicted octanol–water partition coefficient (Wildman–Crippen LogP) is 2.17. The number of fused-ring (bicyclic) bond motifs is 1. The fraction of sp³-hybridized carbons (Fsp3) is 0.812. The minimum Gasteiger partial charge on any atom is -0.481 e. The second-order valence-electron chi connectivity index (χ2n) is 6.37. The SMILES string of the molecule is CCCCC(C(=O)O)C(=O)CCCC[C@@H]1SC[C@@H]2NC(=O)N[C@@H]21. The molecule has 2 fully saturated rings. The first-order chi connectivity index (χ1) is 11.0. The van der Waals surface area contributed by atoms with Crippen molar-refractivity contribution in [3.05, 3.63) is 0 Å². The zero-order valence-corrected chi connectivity index (χ0v) is 14.4. The number of carboxylic acid groups (broad SMARTS) is 1. The summed E-state index contributed by atoms with van der Waals surface area (Å²) in [6.07, 6.45) is 5.04. The Morgan fingerprint density at radius 3 is 2.78 bits per heavy atom. The Labute approximate surface area is 141 Å². The molecular weight excluding hydrogens is 316 g/mol. The molecule has 2 amide bonds. The molecule has 0 saturated carbocycles. The maximum atomic E-state index is 12.1. The monoisotopic (exact) mass is 342 g/mol. The smallest absolute Gasteiger partial charge is 0.315 e. The molecule has 0 aromatic rings. The molecule has 4 atom stereocenters. The van der Waals surface area contributed by atoms with Crippen molar-refractivity contribution in [2.75, 3.05) is 5.75 Å². The summed E-state index contributed by atoms with van der Waals surface area (Å²) in [6.45, 7) is 1.99. The molecule has 2 saturated heterocycles. The molecule has 2 rings (SSSR count). The van der Waals surface area contributed by atoms with Crippen LogP contribution in [0.25, 0.3) is 0 Å². The number of carbonyl (C=O) groups is 3. The van der Waals surface area contributed by atoms with Crippen molar-refractivity contribution in [1.29, 1.82) is 0 Å². The van der Waals surface area contributed by atoms with Gasteiger partial charge in [-0.05, 0) is 19.3 Å². The van der Waals surface area contributed by atoms with Crippen LogP contribution >= 0.6 is 11.8 Å². The van der Waals surface area contributed by atoms with Crippen molar-refractivity contribution in [2.45, 2.75) is 69.2 Å². The summed E-state index contributed by atoms with van der Waals surface area (Å²) < 4.78 is 0. The number of hydrogen-bond donors (Lipinski definition) is 3. The van der Waals surface area contributed by atoms with Gasteiger partial charge in [0.05, 0.1) is 12.1 Å². The summed E-state index contributed by atoms with van der Waals surface area (Å²) in [5, 5.41) is 15.4. The molecule has 23 heavy (non-hydrogen) atoms. The summed E-state index contributed by atoms with van der Waals surface area (Å²) in [4.78, 5) is 34.5. The van der Waals surface area contributed by atoms with Gasteiger partial charge >= 0.3 is 12.0 Å². The lowest BCUT2D eigenvalue weighted by Crippen LogP contribution is -2.36. The van der Waals surface area contributed by atoms with E-state index in [9.17, 15) is 14.4 Å². The molecule has 2 aliphatic heterocycles. The van der Waals surface area contributed by atoms with E-state index in [1.807, 2.05) is 18.7 Å². The van der Waals surface area contributed by atoms with Gasteiger partial charge < -0.3 is 15.7 Å². The fourth-order valence-electron chi connectivity index (χ4n) is 3.29. The lowest BCUT2D eigenvalue weighted by molar-refractivity contribution is -0.146. The largest absolute Gasteiger partial charge is 0.481 e. The van der Waals surface area contributed by atoms with Crippen LogP contribution in [0.15, 0.2) is 0 Å². The van der Waals surface area contributed by atoms with Gasteiger partial charge in [0.1, 0.15) is 11.7 Å². The first-order valence-electron chi connectivity index (χ1n) is 8.47. The average Bonchev–Trinajstić information content (AvgIpc) is 3.03. The Bertz CT molecular complexity index is 457. The van der Waals surface area contributed by atoms with E-state index in [0.29, 0.717) is 18.1 Å². The number of unbranched alkanes of at least 4 members (excludes halogenated alkanes) is 2. The van der Waals surface area contributed by atoms with E-state index in [-0.39, 0.29) is 23.9 Å². The molecule has 2 aliphatic rings. The summed E-state index contributed by atoms with van der Waals surface area (Å²) in [5.74, 6) is -1.03. The topological polar surface area (TPSA) is 95.5 Å². The van der Waals surface area contributed by atoms with E-state index >= 15 is 0 Å². The second kappa shape index (κ2) is 8.57. The Morgan fingerprint density at radius 2 is 2.09 bits per heavy atom. The number of thioether (sulfide) groups is 1. The minimum absolute atomic E-state index is 0.0827. The zero-order chi connectivity index (χ0) is 16.8. The summed E-state index contributed by atoms with van der Waals surface area (Å²) >= 11 is 1.86. The first kappa shape index (κ1) is 18.1. The van der Waals surface area contributed by atoms with Crippen LogP contribution in [0.2, 0.25) is 0 Å². The third-order valence-electron chi connectivity index (χ3n) is 4.63. The fourth-order valence-corrected chi connectivity index (χ4v) is 4.84. The second-order valence-corrected chi connectivity index (χ2v) is 7.64. The quantitative estimate of drug-likeness (QED) is 0.321. The van der Waals surface area contributed by atoms with Gasteiger partial charge in [-0.25, -0.2) is 4.79 Å². The van der Waals surface area contributed by atoms with Gasteiger partial charge in [0.15, 0.2) is 0 Å². The molecule has 1 unspecified atom stereocenters. The lowest BCUT2D eigenvalue weighted by atomic mass is 9.93. The molecule has 0 radical (unpaired) electrons. The highest BCUT2D eigenvalue weighted by atomic mass is 32.2. The van der Waals surface area contributed by atoms with Crippen LogP contribution in [-0.2, 0) is 9.59 Å². The first-order valence-corrected chi connectivity index (χ1v) is 9.52. The number of ketones is 1. The molecule has 0 aromatic heterocycles. The molecule has 0 bridgehead atoms. The van der Waals surface area contributed by atoms with Crippen molar-refractivity contribution in [3.8, 4) is 0 Å². The molecule has 2 heterocycles. The van der Waals surface area contributed by atoms with Crippen LogP contribution in [0.4, 0.5) is 4.79 Å². The third-order valence-corrected chi connectivity index (χ3v) is 6.14.